The van der Waals surface area contributed by atoms with E-state index in [4.69, 9.17) is 0 Å². The summed E-state index contributed by atoms with van der Waals surface area (Å²) in [5, 5.41) is 0.895. The molecule has 3 nitrogen and oxygen atoms in total. The molecule has 3 heterocycles. The van der Waals surface area contributed by atoms with Gasteiger partial charge < -0.3 is 4.57 Å². The van der Waals surface area contributed by atoms with Crippen molar-refractivity contribution in [3.05, 3.63) is 50.6 Å². The van der Waals surface area contributed by atoms with Crippen LogP contribution in [0.3, 0.4) is 0 Å². The number of halogens is 1. The summed E-state index contributed by atoms with van der Waals surface area (Å²) in [6.45, 7) is 0.842. The summed E-state index contributed by atoms with van der Waals surface area (Å²) in [5.41, 5.74) is 3.63. The molecule has 5 rings (SSSR count). The van der Waals surface area contributed by atoms with Crippen LogP contribution in [0.15, 0.2) is 29.1 Å². The Morgan fingerprint density at radius 3 is 2.86 bits per heavy atom. The molecule has 2 aliphatic rings. The van der Waals surface area contributed by atoms with E-state index in [2.05, 4.69) is 27.8 Å². The first-order chi connectivity index (χ1) is 10.3. The fourth-order valence-corrected chi connectivity index (χ4v) is 5.05. The molecule has 1 aliphatic carbocycles. The van der Waals surface area contributed by atoms with Gasteiger partial charge in [0.05, 0.1) is 11.9 Å². The van der Waals surface area contributed by atoms with Crippen molar-refractivity contribution in [2.75, 3.05) is 0 Å². The first-order valence-corrected chi connectivity index (χ1v) is 8.28. The summed E-state index contributed by atoms with van der Waals surface area (Å²) < 4.78 is 2.24. The van der Waals surface area contributed by atoms with Crippen LogP contribution in [0.5, 0.6) is 0 Å². The fraction of sp³-hybridized carbons (Fsp3) is 0.294. The molecular formula is C17H15BrN2OS. The van der Waals surface area contributed by atoms with Crippen molar-refractivity contribution in [1.29, 1.82) is 0 Å². The van der Waals surface area contributed by atoms with E-state index in [0.717, 1.165) is 41.0 Å². The summed E-state index contributed by atoms with van der Waals surface area (Å²) in [4.78, 5) is 19.5. The van der Waals surface area contributed by atoms with Crippen LogP contribution >= 0.6 is 28.3 Å². The molecule has 2 aromatic heterocycles. The number of hydrogen-bond acceptors (Lipinski definition) is 3. The quantitative estimate of drug-likeness (QED) is 0.467. The molecular weight excluding hydrogens is 360 g/mol. The van der Waals surface area contributed by atoms with Crippen LogP contribution in [0.1, 0.15) is 28.8 Å². The van der Waals surface area contributed by atoms with E-state index in [0.29, 0.717) is 0 Å². The third-order valence-electron chi connectivity index (χ3n) is 4.66. The highest BCUT2D eigenvalue weighted by Crippen LogP contribution is 2.39. The van der Waals surface area contributed by atoms with Crippen molar-refractivity contribution in [3.8, 4) is 11.4 Å². The maximum atomic E-state index is 12.6. The molecule has 0 radical (unpaired) electrons. The lowest BCUT2D eigenvalue weighted by Gasteiger charge is -2.09. The fourth-order valence-electron chi connectivity index (χ4n) is 3.67. The van der Waals surface area contributed by atoms with E-state index in [-0.39, 0.29) is 22.5 Å². The van der Waals surface area contributed by atoms with E-state index < -0.39 is 0 Å². The van der Waals surface area contributed by atoms with Gasteiger partial charge in [0, 0.05) is 10.4 Å². The molecule has 112 valence electrons. The van der Waals surface area contributed by atoms with Crippen LogP contribution in [0.4, 0.5) is 0 Å². The minimum absolute atomic E-state index is 0. The monoisotopic (exact) mass is 374 g/mol. The lowest BCUT2D eigenvalue weighted by Crippen LogP contribution is -2.13. The number of nitrogens with zero attached hydrogens (tertiary/aromatic N) is 2. The van der Waals surface area contributed by atoms with Gasteiger partial charge >= 0.3 is 0 Å². The van der Waals surface area contributed by atoms with Crippen molar-refractivity contribution < 1.29 is 0 Å². The summed E-state index contributed by atoms with van der Waals surface area (Å²) in [6, 6.07) is 8.28. The zero-order valence-corrected chi connectivity index (χ0v) is 14.5. The van der Waals surface area contributed by atoms with E-state index in [9.17, 15) is 4.79 Å². The SMILES string of the molecule is Br.O=c1nc2n(c3sc4c(c13)CCCC4)Cc1ccccc1-2. The Bertz CT molecular complexity index is 957. The zero-order valence-electron chi connectivity index (χ0n) is 12.0. The van der Waals surface area contributed by atoms with E-state index >= 15 is 0 Å². The third-order valence-corrected chi connectivity index (χ3v) is 5.98. The van der Waals surface area contributed by atoms with Crippen LogP contribution < -0.4 is 5.56 Å². The second-order valence-electron chi connectivity index (χ2n) is 5.87. The molecule has 0 unspecified atom stereocenters. The molecule has 5 heteroatoms. The van der Waals surface area contributed by atoms with Crippen LogP contribution in [0, 0.1) is 0 Å². The van der Waals surface area contributed by atoms with Gasteiger partial charge in [0.25, 0.3) is 5.56 Å². The molecule has 0 fully saturated rings. The first kappa shape index (κ1) is 14.2. The number of fused-ring (bicyclic) bond motifs is 7. The summed E-state index contributed by atoms with van der Waals surface area (Å²) in [7, 11) is 0. The van der Waals surface area contributed by atoms with Crippen molar-refractivity contribution >= 4 is 38.5 Å². The summed E-state index contributed by atoms with van der Waals surface area (Å²) in [6.07, 6.45) is 4.60. The highest BCUT2D eigenvalue weighted by molar-refractivity contribution is 8.93. The smallest absolute Gasteiger partial charge is 0.282 e. The Morgan fingerprint density at radius 1 is 1.14 bits per heavy atom. The normalized spacial score (nSPS) is 15.1. The van der Waals surface area contributed by atoms with E-state index in [1.165, 1.54) is 28.8 Å². The summed E-state index contributed by atoms with van der Waals surface area (Å²) >= 11 is 1.81. The number of benzene rings is 1. The van der Waals surface area contributed by atoms with Crippen molar-refractivity contribution in [3.63, 3.8) is 0 Å². The van der Waals surface area contributed by atoms with Gasteiger partial charge in [0.2, 0.25) is 0 Å². The molecule has 22 heavy (non-hydrogen) atoms. The Hall–Kier alpha value is -1.46. The maximum Gasteiger partial charge on any atom is 0.282 e. The van der Waals surface area contributed by atoms with Gasteiger partial charge in [-0.15, -0.1) is 28.3 Å². The molecule has 1 aliphatic heterocycles. The lowest BCUT2D eigenvalue weighted by atomic mass is 9.97. The van der Waals surface area contributed by atoms with E-state index in [1.54, 1.807) is 0 Å². The zero-order chi connectivity index (χ0) is 14.0. The predicted molar refractivity (Wildman–Crippen MR) is 95.4 cm³/mol. The highest BCUT2D eigenvalue weighted by atomic mass is 79.9. The molecule has 0 amide bonds. The minimum atomic E-state index is -0.0349. The number of hydrogen-bond donors (Lipinski definition) is 0. The van der Waals surface area contributed by atoms with Gasteiger partial charge in [-0.05, 0) is 36.8 Å². The third kappa shape index (κ3) is 1.78. The number of aromatic nitrogens is 2. The van der Waals surface area contributed by atoms with Gasteiger partial charge in [-0.3, -0.25) is 4.79 Å². The average molecular weight is 375 g/mol. The second-order valence-corrected chi connectivity index (χ2v) is 6.96. The number of thiophene rings is 1. The molecule has 0 atom stereocenters. The van der Waals surface area contributed by atoms with Gasteiger partial charge in [-0.2, -0.15) is 4.98 Å². The highest BCUT2D eigenvalue weighted by Gasteiger charge is 2.26. The van der Waals surface area contributed by atoms with Crippen molar-refractivity contribution in [2.24, 2.45) is 0 Å². The molecule has 3 aromatic rings. The molecule has 0 N–H and O–H groups in total. The Labute approximate surface area is 142 Å². The van der Waals surface area contributed by atoms with Gasteiger partial charge in [-0.1, -0.05) is 24.3 Å². The summed E-state index contributed by atoms with van der Waals surface area (Å²) in [5.74, 6) is 0.849. The minimum Gasteiger partial charge on any atom is -0.312 e. The Balaban J connectivity index is 0.00000125. The van der Waals surface area contributed by atoms with Gasteiger partial charge in [0.1, 0.15) is 10.7 Å². The first-order valence-electron chi connectivity index (χ1n) is 7.46. The molecule has 1 aromatic carbocycles. The number of rotatable bonds is 0. The Morgan fingerprint density at radius 2 is 1.95 bits per heavy atom. The predicted octanol–water partition coefficient (Wildman–Crippen LogP) is 3.94. The van der Waals surface area contributed by atoms with Gasteiger partial charge in [0.15, 0.2) is 0 Å². The topological polar surface area (TPSA) is 34.9 Å². The van der Waals surface area contributed by atoms with Crippen LogP contribution in [-0.2, 0) is 19.4 Å². The van der Waals surface area contributed by atoms with Crippen molar-refractivity contribution in [2.45, 2.75) is 32.2 Å². The largest absolute Gasteiger partial charge is 0.312 e. The molecule has 0 saturated carbocycles. The number of aryl methyl sites for hydroxylation is 2. The van der Waals surface area contributed by atoms with Crippen LogP contribution in [0.2, 0.25) is 0 Å². The van der Waals surface area contributed by atoms with Crippen LogP contribution in [0.25, 0.3) is 21.6 Å². The molecule has 0 spiro atoms. The standard InChI is InChI=1S/C17H14N2OS.BrH/c20-16-14-12-7-3-4-8-13(12)21-17(14)19-9-10-5-1-2-6-11(10)15(19)18-16;/h1-2,5-6H,3-4,7-9H2;1H. The molecule has 0 bridgehead atoms. The van der Waals surface area contributed by atoms with Crippen LogP contribution in [-0.4, -0.2) is 9.55 Å². The Kier molecular flexibility index (Phi) is 3.24. The van der Waals surface area contributed by atoms with E-state index in [1.807, 2.05) is 17.4 Å². The maximum absolute atomic E-state index is 12.6. The van der Waals surface area contributed by atoms with Gasteiger partial charge in [-0.25, -0.2) is 0 Å². The van der Waals surface area contributed by atoms with Crippen molar-refractivity contribution in [1.82, 2.24) is 9.55 Å². The molecule has 0 saturated heterocycles. The second kappa shape index (κ2) is 5.03. The lowest BCUT2D eigenvalue weighted by molar-refractivity contribution is 0.700. The average Bonchev–Trinajstić information content (AvgIpc) is 3.06.